The molecule has 2 N–H and O–H groups in total. The standard InChI is InChI=1S/C17H20FN/c1-13-10-11-16(18)12-15(13)8-5-9-17(19)14-6-3-2-4-7-14/h2-4,6-7,10-12,17H,5,8-9,19H2,1H3. The predicted octanol–water partition coefficient (Wildman–Crippen LogP) is 4.16. The molecule has 1 nitrogen and oxygen atoms in total. The predicted molar refractivity (Wildman–Crippen MR) is 77.4 cm³/mol. The van der Waals surface area contributed by atoms with Crippen molar-refractivity contribution in [1.29, 1.82) is 0 Å². The number of hydrogen-bond acceptors (Lipinski definition) is 1. The molecule has 0 amide bonds. The van der Waals surface area contributed by atoms with Gasteiger partial charge in [0, 0.05) is 6.04 Å². The fourth-order valence-corrected chi connectivity index (χ4v) is 2.29. The van der Waals surface area contributed by atoms with E-state index in [0.29, 0.717) is 0 Å². The first-order chi connectivity index (χ1) is 9.16. The maximum absolute atomic E-state index is 13.2. The first-order valence-electron chi connectivity index (χ1n) is 6.72. The van der Waals surface area contributed by atoms with Crippen LogP contribution < -0.4 is 5.73 Å². The van der Waals surface area contributed by atoms with E-state index < -0.39 is 0 Å². The van der Waals surface area contributed by atoms with Gasteiger partial charge in [-0.3, -0.25) is 0 Å². The summed E-state index contributed by atoms with van der Waals surface area (Å²) in [5.74, 6) is -0.159. The van der Waals surface area contributed by atoms with Crippen LogP contribution in [0.25, 0.3) is 0 Å². The van der Waals surface area contributed by atoms with E-state index in [1.807, 2.05) is 31.2 Å². The minimum Gasteiger partial charge on any atom is -0.324 e. The molecule has 0 spiro atoms. The molecule has 2 aromatic carbocycles. The van der Waals surface area contributed by atoms with Gasteiger partial charge in [-0.1, -0.05) is 36.4 Å². The molecule has 0 heterocycles. The first-order valence-corrected chi connectivity index (χ1v) is 6.72. The number of halogens is 1. The summed E-state index contributed by atoms with van der Waals surface area (Å²) in [5, 5.41) is 0. The molecular formula is C17H20FN. The van der Waals surface area contributed by atoms with Gasteiger partial charge in [-0.05, 0) is 55.0 Å². The zero-order chi connectivity index (χ0) is 13.7. The van der Waals surface area contributed by atoms with Crippen molar-refractivity contribution in [3.8, 4) is 0 Å². The van der Waals surface area contributed by atoms with E-state index in [2.05, 4.69) is 12.1 Å². The highest BCUT2D eigenvalue weighted by molar-refractivity contribution is 5.26. The average Bonchev–Trinajstić information content (AvgIpc) is 2.43. The Labute approximate surface area is 114 Å². The zero-order valence-corrected chi connectivity index (χ0v) is 11.3. The molecule has 100 valence electrons. The Morgan fingerprint density at radius 3 is 2.58 bits per heavy atom. The highest BCUT2D eigenvalue weighted by atomic mass is 19.1. The third-order valence-electron chi connectivity index (χ3n) is 3.50. The molecule has 19 heavy (non-hydrogen) atoms. The maximum atomic E-state index is 13.2. The van der Waals surface area contributed by atoms with Gasteiger partial charge < -0.3 is 5.73 Å². The van der Waals surface area contributed by atoms with Crippen LogP contribution >= 0.6 is 0 Å². The van der Waals surface area contributed by atoms with Crippen LogP contribution in [0.2, 0.25) is 0 Å². The summed E-state index contributed by atoms with van der Waals surface area (Å²) < 4.78 is 13.2. The summed E-state index contributed by atoms with van der Waals surface area (Å²) in [6.07, 6.45) is 2.77. The normalized spacial score (nSPS) is 12.4. The number of benzene rings is 2. The minimum absolute atomic E-state index is 0.0649. The third-order valence-corrected chi connectivity index (χ3v) is 3.50. The smallest absolute Gasteiger partial charge is 0.123 e. The molecule has 0 aliphatic rings. The Morgan fingerprint density at radius 2 is 1.84 bits per heavy atom. The molecule has 0 aliphatic carbocycles. The van der Waals surface area contributed by atoms with Gasteiger partial charge in [0.15, 0.2) is 0 Å². The molecule has 1 atom stereocenters. The lowest BCUT2D eigenvalue weighted by Crippen LogP contribution is -2.10. The highest BCUT2D eigenvalue weighted by Crippen LogP contribution is 2.18. The second-order valence-corrected chi connectivity index (χ2v) is 4.98. The van der Waals surface area contributed by atoms with E-state index in [0.717, 1.165) is 30.4 Å². The van der Waals surface area contributed by atoms with Crippen LogP contribution in [0.4, 0.5) is 4.39 Å². The molecule has 0 saturated carbocycles. The SMILES string of the molecule is Cc1ccc(F)cc1CCCC(N)c1ccccc1. The summed E-state index contributed by atoms with van der Waals surface area (Å²) >= 11 is 0. The van der Waals surface area contributed by atoms with Gasteiger partial charge >= 0.3 is 0 Å². The van der Waals surface area contributed by atoms with Gasteiger partial charge in [0.2, 0.25) is 0 Å². The van der Waals surface area contributed by atoms with Crippen LogP contribution in [0.1, 0.15) is 35.6 Å². The molecule has 0 bridgehead atoms. The van der Waals surface area contributed by atoms with E-state index in [1.165, 1.54) is 11.6 Å². The Balaban J connectivity index is 1.88. The van der Waals surface area contributed by atoms with Gasteiger partial charge in [0.25, 0.3) is 0 Å². The van der Waals surface area contributed by atoms with Crippen molar-refractivity contribution < 1.29 is 4.39 Å². The van der Waals surface area contributed by atoms with Crippen LogP contribution in [0.5, 0.6) is 0 Å². The van der Waals surface area contributed by atoms with Crippen LogP contribution in [-0.2, 0) is 6.42 Å². The van der Waals surface area contributed by atoms with Crippen molar-refractivity contribution in [2.75, 3.05) is 0 Å². The lowest BCUT2D eigenvalue weighted by Gasteiger charge is -2.12. The number of hydrogen-bond donors (Lipinski definition) is 1. The van der Waals surface area contributed by atoms with Gasteiger partial charge in [-0.15, -0.1) is 0 Å². The molecule has 0 aliphatic heterocycles. The summed E-state index contributed by atoms with van der Waals surface area (Å²) in [4.78, 5) is 0. The van der Waals surface area contributed by atoms with Crippen molar-refractivity contribution >= 4 is 0 Å². The van der Waals surface area contributed by atoms with Crippen LogP contribution in [0.15, 0.2) is 48.5 Å². The largest absolute Gasteiger partial charge is 0.324 e. The van der Waals surface area contributed by atoms with E-state index in [1.54, 1.807) is 6.07 Å². The second kappa shape index (κ2) is 6.48. The molecule has 0 saturated heterocycles. The summed E-state index contributed by atoms with van der Waals surface area (Å²) in [6, 6.07) is 15.1. The molecular weight excluding hydrogens is 237 g/mol. The fraction of sp³-hybridized carbons (Fsp3) is 0.294. The molecule has 1 unspecified atom stereocenters. The quantitative estimate of drug-likeness (QED) is 0.855. The summed E-state index contributed by atoms with van der Waals surface area (Å²) in [5.41, 5.74) is 9.55. The second-order valence-electron chi connectivity index (χ2n) is 4.98. The van der Waals surface area contributed by atoms with E-state index in [-0.39, 0.29) is 11.9 Å². The van der Waals surface area contributed by atoms with Crippen molar-refractivity contribution in [1.82, 2.24) is 0 Å². The molecule has 2 heteroatoms. The van der Waals surface area contributed by atoms with E-state index in [9.17, 15) is 4.39 Å². The third kappa shape index (κ3) is 3.90. The van der Waals surface area contributed by atoms with Crippen molar-refractivity contribution in [2.45, 2.75) is 32.2 Å². The number of aryl methyl sites for hydroxylation is 2. The number of nitrogens with two attached hydrogens (primary N) is 1. The van der Waals surface area contributed by atoms with Crippen LogP contribution in [-0.4, -0.2) is 0 Å². The zero-order valence-electron chi connectivity index (χ0n) is 11.3. The minimum atomic E-state index is -0.159. The highest BCUT2D eigenvalue weighted by Gasteiger charge is 2.06. The Morgan fingerprint density at radius 1 is 1.11 bits per heavy atom. The molecule has 2 rings (SSSR count). The molecule has 2 aromatic rings. The summed E-state index contributed by atoms with van der Waals surface area (Å²) in [6.45, 7) is 2.02. The summed E-state index contributed by atoms with van der Waals surface area (Å²) in [7, 11) is 0. The molecule has 0 radical (unpaired) electrons. The van der Waals surface area contributed by atoms with Gasteiger partial charge in [0.05, 0.1) is 0 Å². The average molecular weight is 257 g/mol. The van der Waals surface area contributed by atoms with Crippen LogP contribution in [0, 0.1) is 12.7 Å². The Hall–Kier alpha value is -1.67. The van der Waals surface area contributed by atoms with Gasteiger partial charge in [0.1, 0.15) is 5.82 Å². The van der Waals surface area contributed by atoms with Crippen LogP contribution in [0.3, 0.4) is 0 Å². The lowest BCUT2D eigenvalue weighted by atomic mass is 9.98. The number of rotatable bonds is 5. The van der Waals surface area contributed by atoms with Gasteiger partial charge in [-0.25, -0.2) is 4.39 Å². The van der Waals surface area contributed by atoms with E-state index in [4.69, 9.17) is 5.73 Å². The van der Waals surface area contributed by atoms with Crippen molar-refractivity contribution in [3.05, 3.63) is 71.0 Å². The topological polar surface area (TPSA) is 26.0 Å². The Bertz CT molecular complexity index is 522. The van der Waals surface area contributed by atoms with E-state index >= 15 is 0 Å². The first kappa shape index (κ1) is 13.8. The fourth-order valence-electron chi connectivity index (χ4n) is 2.29. The lowest BCUT2D eigenvalue weighted by molar-refractivity contribution is 0.602. The van der Waals surface area contributed by atoms with Gasteiger partial charge in [-0.2, -0.15) is 0 Å². The monoisotopic (exact) mass is 257 g/mol. The maximum Gasteiger partial charge on any atom is 0.123 e. The van der Waals surface area contributed by atoms with Crippen molar-refractivity contribution in [2.24, 2.45) is 5.73 Å². The molecule has 0 aromatic heterocycles. The Kier molecular flexibility index (Phi) is 4.69. The van der Waals surface area contributed by atoms with Crippen molar-refractivity contribution in [3.63, 3.8) is 0 Å². The molecule has 0 fully saturated rings.